The number of amides is 1. The van der Waals surface area contributed by atoms with E-state index in [4.69, 9.17) is 4.74 Å². The minimum Gasteiger partial charge on any atom is -0.452 e. The Morgan fingerprint density at radius 2 is 1.85 bits per heavy atom. The molecule has 1 aliphatic carbocycles. The summed E-state index contributed by atoms with van der Waals surface area (Å²) in [6, 6.07) is 4.62. The first-order valence-corrected chi connectivity index (χ1v) is 11.4. The maximum Gasteiger partial charge on any atom is 0.338 e. The van der Waals surface area contributed by atoms with Crippen molar-refractivity contribution >= 4 is 21.7 Å². The van der Waals surface area contributed by atoms with Gasteiger partial charge in [0, 0.05) is 18.8 Å². The summed E-state index contributed by atoms with van der Waals surface area (Å²) in [5.41, 5.74) is 0.796. The number of hydrogen-bond acceptors (Lipinski definition) is 5. The largest absolute Gasteiger partial charge is 0.452 e. The number of carbonyl (C=O) groups excluding carboxylic acids is 2. The van der Waals surface area contributed by atoms with E-state index in [9.17, 15) is 18.0 Å². The molecule has 148 valence electrons. The fraction of sp³-hybridized carbons (Fsp3) is 0.600. The lowest BCUT2D eigenvalue weighted by Gasteiger charge is -2.44. The molecule has 1 saturated carbocycles. The molecule has 0 radical (unpaired) electrons. The Morgan fingerprint density at radius 3 is 2.59 bits per heavy atom. The van der Waals surface area contributed by atoms with Crippen LogP contribution in [0.4, 0.5) is 0 Å². The highest BCUT2D eigenvalue weighted by atomic mass is 32.2. The van der Waals surface area contributed by atoms with Gasteiger partial charge in [0.25, 0.3) is 5.91 Å². The third-order valence-corrected chi connectivity index (χ3v) is 6.86. The van der Waals surface area contributed by atoms with Crippen LogP contribution in [0.2, 0.25) is 0 Å². The number of rotatable bonds is 4. The predicted molar refractivity (Wildman–Crippen MR) is 101 cm³/mol. The number of esters is 1. The Morgan fingerprint density at radius 1 is 1.15 bits per heavy atom. The molecule has 27 heavy (non-hydrogen) atoms. The Balaban J connectivity index is 1.66. The van der Waals surface area contributed by atoms with Gasteiger partial charge in [0.05, 0.1) is 10.5 Å². The first kappa shape index (κ1) is 19.9. The number of piperidine rings is 1. The summed E-state index contributed by atoms with van der Waals surface area (Å²) in [7, 11) is -3.42. The lowest BCUT2D eigenvalue weighted by atomic mass is 9.78. The molecule has 7 heteroatoms. The Labute approximate surface area is 160 Å². The molecule has 0 unspecified atom stereocenters. The molecule has 2 fully saturated rings. The van der Waals surface area contributed by atoms with Crippen LogP contribution in [0.3, 0.4) is 0 Å². The van der Waals surface area contributed by atoms with E-state index < -0.39 is 15.8 Å². The quantitative estimate of drug-likeness (QED) is 0.735. The molecule has 1 aliphatic heterocycles. The molecule has 0 spiro atoms. The maximum atomic E-state index is 12.7. The number of likely N-dealkylation sites (tertiary alicyclic amines) is 1. The normalized spacial score (nSPS) is 22.8. The van der Waals surface area contributed by atoms with Crippen molar-refractivity contribution in [1.29, 1.82) is 0 Å². The average molecular weight is 394 g/mol. The summed E-state index contributed by atoms with van der Waals surface area (Å²) in [5, 5.41) is 0. The van der Waals surface area contributed by atoms with Gasteiger partial charge in [0.1, 0.15) is 0 Å². The van der Waals surface area contributed by atoms with Crippen LogP contribution in [-0.2, 0) is 19.4 Å². The van der Waals surface area contributed by atoms with E-state index >= 15 is 0 Å². The van der Waals surface area contributed by atoms with Gasteiger partial charge in [-0.05, 0) is 56.2 Å². The van der Waals surface area contributed by atoms with E-state index in [1.165, 1.54) is 31.4 Å². The van der Waals surface area contributed by atoms with Gasteiger partial charge in [-0.3, -0.25) is 4.79 Å². The monoisotopic (exact) mass is 393 g/mol. The number of aryl methyl sites for hydroxylation is 1. The van der Waals surface area contributed by atoms with E-state index in [0.717, 1.165) is 32.1 Å². The van der Waals surface area contributed by atoms with Crippen molar-refractivity contribution in [2.75, 3.05) is 19.4 Å². The van der Waals surface area contributed by atoms with Crippen LogP contribution in [0.1, 0.15) is 54.4 Å². The summed E-state index contributed by atoms with van der Waals surface area (Å²) in [6.45, 7) is 2.13. The highest BCUT2D eigenvalue weighted by Gasteiger charge is 2.35. The summed E-state index contributed by atoms with van der Waals surface area (Å²) in [4.78, 5) is 27.0. The van der Waals surface area contributed by atoms with E-state index in [2.05, 4.69) is 0 Å². The molecule has 1 aromatic carbocycles. The van der Waals surface area contributed by atoms with E-state index in [-0.39, 0.29) is 29.0 Å². The zero-order chi connectivity index (χ0) is 19.6. The topological polar surface area (TPSA) is 80.7 Å². The second-order valence-corrected chi connectivity index (χ2v) is 9.68. The van der Waals surface area contributed by atoms with Crippen LogP contribution >= 0.6 is 0 Å². The van der Waals surface area contributed by atoms with Gasteiger partial charge in [-0.2, -0.15) is 0 Å². The Kier molecular flexibility index (Phi) is 5.89. The van der Waals surface area contributed by atoms with Crippen LogP contribution < -0.4 is 0 Å². The van der Waals surface area contributed by atoms with Crippen LogP contribution in [0.15, 0.2) is 23.1 Å². The first-order valence-electron chi connectivity index (χ1n) is 9.54. The van der Waals surface area contributed by atoms with Crippen molar-refractivity contribution < 1.29 is 22.7 Å². The number of fused-ring (bicyclic) bond motifs is 1. The lowest BCUT2D eigenvalue weighted by molar-refractivity contribution is -0.140. The molecule has 0 N–H and O–H groups in total. The second-order valence-electron chi connectivity index (χ2n) is 7.67. The van der Waals surface area contributed by atoms with Crippen LogP contribution in [0.25, 0.3) is 0 Å². The van der Waals surface area contributed by atoms with Crippen molar-refractivity contribution in [3.05, 3.63) is 29.3 Å². The van der Waals surface area contributed by atoms with Gasteiger partial charge in [-0.15, -0.1) is 0 Å². The highest BCUT2D eigenvalue weighted by molar-refractivity contribution is 7.90. The minimum absolute atomic E-state index is 0.0625. The molecule has 2 atom stereocenters. The molecular weight excluding hydrogens is 366 g/mol. The third-order valence-electron chi connectivity index (χ3n) is 5.75. The SMILES string of the molecule is Cc1ccc(S(C)(=O)=O)cc1C(=O)OCC(=O)N1CCC[C@@H]2CCCC[C@H]21. The number of carbonyl (C=O) groups is 2. The van der Waals surface area contributed by atoms with E-state index in [1.807, 2.05) is 4.90 Å². The summed E-state index contributed by atoms with van der Waals surface area (Å²) in [6.07, 6.45) is 7.83. The fourth-order valence-corrected chi connectivity index (χ4v) is 4.92. The number of ether oxygens (including phenoxy) is 1. The van der Waals surface area contributed by atoms with Crippen LogP contribution in [0.5, 0.6) is 0 Å². The molecule has 1 aromatic rings. The van der Waals surface area contributed by atoms with Crippen molar-refractivity contribution in [2.24, 2.45) is 5.92 Å². The third kappa shape index (κ3) is 4.51. The maximum absolute atomic E-state index is 12.7. The average Bonchev–Trinajstić information content (AvgIpc) is 2.64. The molecule has 0 aromatic heterocycles. The summed E-state index contributed by atoms with van der Waals surface area (Å²) < 4.78 is 28.7. The smallest absolute Gasteiger partial charge is 0.338 e. The molecule has 3 rings (SSSR count). The highest BCUT2D eigenvalue weighted by Crippen LogP contribution is 2.35. The molecular formula is C20H27NO5S. The van der Waals surface area contributed by atoms with Gasteiger partial charge < -0.3 is 9.64 Å². The van der Waals surface area contributed by atoms with Crippen LogP contribution in [0, 0.1) is 12.8 Å². The summed E-state index contributed by atoms with van der Waals surface area (Å²) >= 11 is 0. The second kappa shape index (κ2) is 8.00. The molecule has 2 aliphatic rings. The van der Waals surface area contributed by atoms with Gasteiger partial charge in [0.15, 0.2) is 16.4 Å². The number of benzene rings is 1. The zero-order valence-corrected chi connectivity index (χ0v) is 16.8. The molecule has 1 heterocycles. The van der Waals surface area contributed by atoms with Gasteiger partial charge in [-0.1, -0.05) is 18.9 Å². The molecule has 1 saturated heterocycles. The Bertz CT molecular complexity index is 831. The Hall–Kier alpha value is -1.89. The summed E-state index contributed by atoms with van der Waals surface area (Å²) in [5.74, 6) is -0.249. The van der Waals surface area contributed by atoms with Gasteiger partial charge in [0.2, 0.25) is 0 Å². The minimum atomic E-state index is -3.42. The predicted octanol–water partition coefficient (Wildman–Crippen LogP) is 2.74. The van der Waals surface area contributed by atoms with Gasteiger partial charge in [-0.25, -0.2) is 13.2 Å². The lowest BCUT2D eigenvalue weighted by Crippen LogP contribution is -2.50. The molecule has 1 amide bonds. The van der Waals surface area contributed by atoms with E-state index in [0.29, 0.717) is 11.5 Å². The first-order chi connectivity index (χ1) is 12.8. The van der Waals surface area contributed by atoms with Crippen LogP contribution in [-0.4, -0.2) is 50.6 Å². The fourth-order valence-electron chi connectivity index (χ4n) is 4.27. The van der Waals surface area contributed by atoms with Crippen molar-refractivity contribution in [3.8, 4) is 0 Å². The number of sulfone groups is 1. The number of hydrogen-bond donors (Lipinski definition) is 0. The molecule has 0 bridgehead atoms. The zero-order valence-electron chi connectivity index (χ0n) is 15.9. The van der Waals surface area contributed by atoms with Crippen molar-refractivity contribution in [3.63, 3.8) is 0 Å². The standard InChI is InChI=1S/C20H27NO5S/c1-14-9-10-16(27(2,24)25)12-17(14)20(23)26-13-19(22)21-11-5-7-15-6-3-4-8-18(15)21/h9-10,12,15,18H,3-8,11,13H2,1-2H3/t15-,18+/m0/s1. The molecule has 6 nitrogen and oxygen atoms in total. The van der Waals surface area contributed by atoms with E-state index in [1.54, 1.807) is 13.0 Å². The van der Waals surface area contributed by atoms with Gasteiger partial charge >= 0.3 is 5.97 Å². The number of nitrogens with zero attached hydrogens (tertiary/aromatic N) is 1. The van der Waals surface area contributed by atoms with Crippen molar-refractivity contribution in [2.45, 2.75) is 56.4 Å². The van der Waals surface area contributed by atoms with Crippen molar-refractivity contribution in [1.82, 2.24) is 4.90 Å².